The van der Waals surface area contributed by atoms with Crippen LogP contribution in [0.25, 0.3) is 0 Å². The second kappa shape index (κ2) is 10.2. The molecular weight excluding hydrogens is 360 g/mol. The maximum atomic E-state index is 11.8. The van der Waals surface area contributed by atoms with Gasteiger partial charge in [0.1, 0.15) is 0 Å². The average molecular weight is 386 g/mol. The highest BCUT2D eigenvalue weighted by molar-refractivity contribution is 7.89. The van der Waals surface area contributed by atoms with Gasteiger partial charge >= 0.3 is 11.9 Å². The first-order chi connectivity index (χ1) is 12.2. The molecule has 0 amide bonds. The molecule has 0 unspecified atom stereocenters. The number of sulfonamides is 1. The highest BCUT2D eigenvalue weighted by Crippen LogP contribution is 2.12. The Morgan fingerprint density at radius 3 is 1.77 bits per heavy atom. The summed E-state index contributed by atoms with van der Waals surface area (Å²) < 4.78 is 25.2. The number of aliphatic carboxylic acids is 2. The number of rotatable bonds is 5. The van der Waals surface area contributed by atoms with Gasteiger partial charge < -0.3 is 10.2 Å². The zero-order valence-corrected chi connectivity index (χ0v) is 15.9. The highest BCUT2D eigenvalue weighted by Gasteiger charge is 2.25. The molecule has 0 aliphatic carbocycles. The summed E-state index contributed by atoms with van der Waals surface area (Å²) in [6.45, 7) is 7.62. The molecule has 1 heterocycles. The fourth-order valence-corrected chi connectivity index (χ4v) is 3.57. The number of carboxylic acids is 2. The summed E-state index contributed by atoms with van der Waals surface area (Å²) in [4.78, 5) is 20.5. The summed E-state index contributed by atoms with van der Waals surface area (Å²) in [5.41, 5.74) is 2.65. The predicted octanol–water partition coefficient (Wildman–Crippen LogP) is 0.872. The van der Waals surface area contributed by atoms with Crippen molar-refractivity contribution >= 4 is 22.0 Å². The summed E-state index contributed by atoms with van der Waals surface area (Å²) in [5, 5.41) is 14.8. The van der Waals surface area contributed by atoms with Gasteiger partial charge in [-0.2, -0.15) is 4.31 Å². The molecular formula is C17H26N2O6S. The van der Waals surface area contributed by atoms with Crippen molar-refractivity contribution in [1.82, 2.24) is 9.21 Å². The van der Waals surface area contributed by atoms with Gasteiger partial charge in [0.25, 0.3) is 0 Å². The zero-order chi connectivity index (χ0) is 19.7. The number of hydrogen-bond donors (Lipinski definition) is 2. The van der Waals surface area contributed by atoms with E-state index in [0.29, 0.717) is 13.1 Å². The molecule has 0 atom stereocenters. The lowest BCUT2D eigenvalue weighted by Crippen LogP contribution is -2.48. The van der Waals surface area contributed by atoms with Crippen molar-refractivity contribution < 1.29 is 28.2 Å². The topological polar surface area (TPSA) is 115 Å². The Morgan fingerprint density at radius 2 is 1.38 bits per heavy atom. The van der Waals surface area contributed by atoms with Crippen molar-refractivity contribution in [2.45, 2.75) is 26.8 Å². The average Bonchev–Trinajstić information content (AvgIpc) is 2.63. The Bertz CT molecular complexity index is 682. The van der Waals surface area contributed by atoms with Crippen LogP contribution in [0, 0.1) is 0 Å². The monoisotopic (exact) mass is 386 g/mol. The smallest absolute Gasteiger partial charge is 0.414 e. The molecule has 0 radical (unpaired) electrons. The number of hydrogen-bond acceptors (Lipinski definition) is 5. The molecule has 1 aromatic rings. The molecule has 1 aromatic carbocycles. The quantitative estimate of drug-likeness (QED) is 0.722. The van der Waals surface area contributed by atoms with E-state index >= 15 is 0 Å². The molecule has 0 spiro atoms. The van der Waals surface area contributed by atoms with Crippen LogP contribution in [0.2, 0.25) is 0 Å². The van der Waals surface area contributed by atoms with Crippen LogP contribution in [0.4, 0.5) is 0 Å². The lowest BCUT2D eigenvalue weighted by molar-refractivity contribution is -0.159. The number of carboxylic acid groups (broad SMARTS) is 2. The van der Waals surface area contributed by atoms with E-state index in [-0.39, 0.29) is 5.75 Å². The first-order valence-corrected chi connectivity index (χ1v) is 10.0. The first kappa shape index (κ1) is 22.1. The van der Waals surface area contributed by atoms with Crippen LogP contribution in [0.5, 0.6) is 0 Å². The summed E-state index contributed by atoms with van der Waals surface area (Å²) in [6.07, 6.45) is 1.06. The van der Waals surface area contributed by atoms with Crippen LogP contribution in [0.3, 0.4) is 0 Å². The predicted molar refractivity (Wildman–Crippen MR) is 97.4 cm³/mol. The molecule has 1 fully saturated rings. The molecule has 146 valence electrons. The Morgan fingerprint density at radius 1 is 0.923 bits per heavy atom. The number of nitrogens with zero attached hydrogens (tertiary/aromatic N) is 2. The van der Waals surface area contributed by atoms with Gasteiger partial charge in [0, 0.05) is 32.7 Å². The third-order valence-corrected chi connectivity index (χ3v) is 5.99. The van der Waals surface area contributed by atoms with Gasteiger partial charge in [0.05, 0.1) is 5.75 Å². The van der Waals surface area contributed by atoms with Crippen molar-refractivity contribution in [1.29, 1.82) is 0 Å². The molecule has 2 rings (SSSR count). The molecule has 0 bridgehead atoms. The minimum Gasteiger partial charge on any atom is -0.473 e. The van der Waals surface area contributed by atoms with Gasteiger partial charge in [-0.15, -0.1) is 0 Å². The third kappa shape index (κ3) is 7.11. The minimum absolute atomic E-state index is 0.200. The summed E-state index contributed by atoms with van der Waals surface area (Å²) >= 11 is 0. The molecule has 1 aliphatic heterocycles. The number of carbonyl (C=O) groups is 2. The van der Waals surface area contributed by atoms with Crippen molar-refractivity contribution in [2.24, 2.45) is 0 Å². The van der Waals surface area contributed by atoms with Crippen molar-refractivity contribution in [2.75, 3.05) is 31.9 Å². The van der Waals surface area contributed by atoms with Crippen LogP contribution in [0.15, 0.2) is 24.3 Å². The van der Waals surface area contributed by atoms with E-state index in [1.165, 1.54) is 11.1 Å². The molecule has 9 heteroatoms. The van der Waals surface area contributed by atoms with Gasteiger partial charge in [-0.1, -0.05) is 31.2 Å². The van der Waals surface area contributed by atoms with E-state index in [0.717, 1.165) is 26.1 Å². The molecule has 0 saturated carbocycles. The van der Waals surface area contributed by atoms with Gasteiger partial charge in [-0.3, -0.25) is 4.90 Å². The van der Waals surface area contributed by atoms with Gasteiger partial charge in [-0.25, -0.2) is 18.0 Å². The molecule has 26 heavy (non-hydrogen) atoms. The normalized spacial score (nSPS) is 15.8. The maximum absolute atomic E-state index is 11.8. The SMILES string of the molecule is CCc1ccc(CN2CCN(S(=O)(=O)CC)CC2)cc1.O=C(O)C(=O)O. The number of piperazine rings is 1. The van der Waals surface area contributed by atoms with Crippen LogP contribution in [-0.2, 0) is 32.6 Å². The number of aryl methyl sites for hydroxylation is 1. The highest BCUT2D eigenvalue weighted by atomic mass is 32.2. The lowest BCUT2D eigenvalue weighted by atomic mass is 10.1. The van der Waals surface area contributed by atoms with Crippen LogP contribution < -0.4 is 0 Å². The maximum Gasteiger partial charge on any atom is 0.414 e. The van der Waals surface area contributed by atoms with E-state index in [1.54, 1.807) is 11.2 Å². The summed E-state index contributed by atoms with van der Waals surface area (Å²) in [5.74, 6) is -3.45. The second-order valence-corrected chi connectivity index (χ2v) is 8.11. The fourth-order valence-electron chi connectivity index (χ4n) is 2.49. The van der Waals surface area contributed by atoms with Crippen LogP contribution >= 0.6 is 0 Å². The summed E-state index contributed by atoms with van der Waals surface area (Å²) in [7, 11) is -3.02. The van der Waals surface area contributed by atoms with E-state index in [1.807, 2.05) is 0 Å². The Hall–Kier alpha value is -1.97. The standard InChI is InChI=1S/C15H24N2O2S.C2H2O4/c1-3-14-5-7-15(8-6-14)13-16-9-11-17(12-10-16)20(18,19)4-2;3-1(4)2(5)6/h5-8H,3-4,9-13H2,1-2H3;(H,3,4)(H,5,6). The van der Waals surface area contributed by atoms with Crippen molar-refractivity contribution in [3.63, 3.8) is 0 Å². The van der Waals surface area contributed by atoms with E-state index < -0.39 is 22.0 Å². The van der Waals surface area contributed by atoms with Crippen LogP contribution in [-0.4, -0.2) is 71.7 Å². The van der Waals surface area contributed by atoms with Crippen LogP contribution in [0.1, 0.15) is 25.0 Å². The summed E-state index contributed by atoms with van der Waals surface area (Å²) in [6, 6.07) is 8.70. The first-order valence-electron chi connectivity index (χ1n) is 8.43. The van der Waals surface area contributed by atoms with Crippen molar-refractivity contribution in [3.05, 3.63) is 35.4 Å². The lowest BCUT2D eigenvalue weighted by Gasteiger charge is -2.33. The Labute approximate surface area is 154 Å². The van der Waals surface area contributed by atoms with Crippen molar-refractivity contribution in [3.8, 4) is 0 Å². The molecule has 1 aliphatic rings. The van der Waals surface area contributed by atoms with Gasteiger partial charge in [0.2, 0.25) is 10.0 Å². The second-order valence-electron chi connectivity index (χ2n) is 5.86. The van der Waals surface area contributed by atoms with E-state index in [9.17, 15) is 8.42 Å². The third-order valence-electron chi connectivity index (χ3n) is 4.11. The van der Waals surface area contributed by atoms with Gasteiger partial charge in [0.15, 0.2) is 0 Å². The number of benzene rings is 1. The Balaban J connectivity index is 0.000000487. The molecule has 2 N–H and O–H groups in total. The molecule has 1 saturated heterocycles. The van der Waals surface area contributed by atoms with E-state index in [4.69, 9.17) is 19.8 Å². The zero-order valence-electron chi connectivity index (χ0n) is 15.1. The fraction of sp³-hybridized carbons (Fsp3) is 0.529. The Kier molecular flexibility index (Phi) is 8.70. The molecule has 0 aromatic heterocycles. The van der Waals surface area contributed by atoms with Gasteiger partial charge in [-0.05, 0) is 24.5 Å². The molecule has 8 nitrogen and oxygen atoms in total. The minimum atomic E-state index is -3.02. The van der Waals surface area contributed by atoms with E-state index in [2.05, 4.69) is 36.1 Å². The largest absolute Gasteiger partial charge is 0.473 e.